The fraction of sp³-hybridized carbons (Fsp3) is 0.333. The van der Waals surface area contributed by atoms with E-state index in [1.165, 1.54) is 4.90 Å². The summed E-state index contributed by atoms with van der Waals surface area (Å²) in [6, 6.07) is 6.33. The molecule has 0 bridgehead atoms. The predicted molar refractivity (Wildman–Crippen MR) is 69.4 cm³/mol. The summed E-state index contributed by atoms with van der Waals surface area (Å²) in [4.78, 5) is 24.2. The summed E-state index contributed by atoms with van der Waals surface area (Å²) >= 11 is 5.75. The van der Waals surface area contributed by atoms with E-state index >= 15 is 0 Å². The molecule has 7 heteroatoms. The second-order valence-electron chi connectivity index (χ2n) is 4.08. The number of halogens is 1. The van der Waals surface area contributed by atoms with Gasteiger partial charge in [0, 0.05) is 17.3 Å². The summed E-state index contributed by atoms with van der Waals surface area (Å²) in [5.41, 5.74) is 0.604. The topological polar surface area (TPSA) is 78.9 Å². The summed E-state index contributed by atoms with van der Waals surface area (Å²) in [5, 5.41) is 12.1. The highest BCUT2D eigenvalue weighted by atomic mass is 35.5. The molecular weight excluding hydrogens is 272 g/mol. The number of hydrogen-bond acceptors (Lipinski definition) is 3. The lowest BCUT2D eigenvalue weighted by Gasteiger charge is -2.30. The van der Waals surface area contributed by atoms with Crippen molar-refractivity contribution in [3.63, 3.8) is 0 Å². The average Bonchev–Trinajstić information content (AvgIpc) is 2.41. The van der Waals surface area contributed by atoms with Crippen LogP contribution in [0, 0.1) is 0 Å². The third-order valence-electron chi connectivity index (χ3n) is 2.72. The van der Waals surface area contributed by atoms with Gasteiger partial charge in [-0.2, -0.15) is 0 Å². The number of nitrogens with zero attached hydrogens (tertiary/aromatic N) is 1. The Hall–Kier alpha value is -1.79. The van der Waals surface area contributed by atoms with Gasteiger partial charge in [0.1, 0.15) is 0 Å². The van der Waals surface area contributed by atoms with Crippen LogP contribution in [0.1, 0.15) is 0 Å². The molecule has 2 N–H and O–H groups in total. The van der Waals surface area contributed by atoms with Crippen LogP contribution in [-0.4, -0.2) is 47.8 Å². The number of nitrogens with one attached hydrogen (secondary N) is 1. The third-order valence-corrected chi connectivity index (χ3v) is 2.98. The van der Waals surface area contributed by atoms with E-state index in [2.05, 4.69) is 5.32 Å². The number of benzene rings is 1. The minimum atomic E-state index is -1.07. The summed E-state index contributed by atoms with van der Waals surface area (Å²) in [6.45, 7) is 0.614. The van der Waals surface area contributed by atoms with Gasteiger partial charge in [0.25, 0.3) is 0 Å². The Balaban J connectivity index is 1.96. The fourth-order valence-corrected chi connectivity index (χ4v) is 1.84. The molecule has 1 fully saturated rings. The molecule has 1 aliphatic rings. The molecular formula is C12H13ClN2O4. The lowest BCUT2D eigenvalue weighted by Crippen LogP contribution is -2.49. The predicted octanol–water partition coefficient (Wildman–Crippen LogP) is 1.66. The number of carboxylic acid groups (broad SMARTS) is 1. The SMILES string of the molecule is O=C(O)C1CN(C(=O)Nc2ccc(Cl)cc2)CCO1. The van der Waals surface area contributed by atoms with Crippen LogP contribution in [0.15, 0.2) is 24.3 Å². The lowest BCUT2D eigenvalue weighted by molar-refractivity contribution is -0.154. The Morgan fingerprint density at radius 1 is 1.37 bits per heavy atom. The second kappa shape index (κ2) is 5.90. The molecule has 1 saturated heterocycles. The van der Waals surface area contributed by atoms with Gasteiger partial charge in [-0.1, -0.05) is 11.6 Å². The van der Waals surface area contributed by atoms with Crippen LogP contribution >= 0.6 is 11.6 Å². The Bertz CT molecular complexity index is 477. The van der Waals surface area contributed by atoms with Crippen LogP contribution in [-0.2, 0) is 9.53 Å². The Morgan fingerprint density at radius 3 is 2.68 bits per heavy atom. The van der Waals surface area contributed by atoms with E-state index in [9.17, 15) is 9.59 Å². The first-order chi connectivity index (χ1) is 9.06. The number of morpholine rings is 1. The maximum Gasteiger partial charge on any atom is 0.334 e. The number of hydrogen-bond donors (Lipinski definition) is 2. The average molecular weight is 285 g/mol. The highest BCUT2D eigenvalue weighted by Crippen LogP contribution is 2.14. The first-order valence-electron chi connectivity index (χ1n) is 5.72. The van der Waals surface area contributed by atoms with Crippen molar-refractivity contribution in [2.24, 2.45) is 0 Å². The van der Waals surface area contributed by atoms with E-state index in [4.69, 9.17) is 21.4 Å². The molecule has 102 valence electrons. The van der Waals surface area contributed by atoms with E-state index < -0.39 is 12.1 Å². The van der Waals surface area contributed by atoms with Gasteiger partial charge < -0.3 is 20.1 Å². The van der Waals surface area contributed by atoms with Crippen molar-refractivity contribution < 1.29 is 19.4 Å². The highest BCUT2D eigenvalue weighted by molar-refractivity contribution is 6.30. The molecule has 0 spiro atoms. The molecule has 0 aliphatic carbocycles. The van der Waals surface area contributed by atoms with Gasteiger partial charge in [-0.3, -0.25) is 0 Å². The van der Waals surface area contributed by atoms with Crippen LogP contribution in [0.5, 0.6) is 0 Å². The summed E-state index contributed by atoms with van der Waals surface area (Å²) in [7, 11) is 0. The summed E-state index contributed by atoms with van der Waals surface area (Å²) < 4.78 is 5.05. The molecule has 1 unspecified atom stereocenters. The number of urea groups is 1. The molecule has 1 aromatic rings. The zero-order chi connectivity index (χ0) is 13.8. The van der Waals surface area contributed by atoms with Crippen LogP contribution in [0.4, 0.5) is 10.5 Å². The van der Waals surface area contributed by atoms with Crippen molar-refractivity contribution in [2.45, 2.75) is 6.10 Å². The van der Waals surface area contributed by atoms with E-state index in [0.29, 0.717) is 17.3 Å². The number of amides is 2. The van der Waals surface area contributed by atoms with Crippen molar-refractivity contribution in [3.05, 3.63) is 29.3 Å². The van der Waals surface area contributed by atoms with Crippen LogP contribution in [0.3, 0.4) is 0 Å². The molecule has 2 rings (SSSR count). The zero-order valence-corrected chi connectivity index (χ0v) is 10.8. The first kappa shape index (κ1) is 13.6. The van der Waals surface area contributed by atoms with Crippen molar-refractivity contribution in [1.29, 1.82) is 0 Å². The number of ether oxygens (including phenoxy) is 1. The summed E-state index contributed by atoms with van der Waals surface area (Å²) in [5.74, 6) is -1.07. The smallest absolute Gasteiger partial charge is 0.334 e. The van der Waals surface area contributed by atoms with E-state index in [0.717, 1.165) is 0 Å². The minimum Gasteiger partial charge on any atom is -0.479 e. The highest BCUT2D eigenvalue weighted by Gasteiger charge is 2.28. The summed E-state index contributed by atoms with van der Waals surface area (Å²) in [6.07, 6.45) is -0.968. The number of carboxylic acids is 1. The van der Waals surface area contributed by atoms with Crippen molar-refractivity contribution in [3.8, 4) is 0 Å². The Kier molecular flexibility index (Phi) is 4.24. The molecule has 0 aromatic heterocycles. The number of rotatable bonds is 2. The molecule has 0 radical (unpaired) electrons. The van der Waals surface area contributed by atoms with Crippen molar-refractivity contribution >= 4 is 29.3 Å². The van der Waals surface area contributed by atoms with Crippen LogP contribution in [0.2, 0.25) is 5.02 Å². The second-order valence-corrected chi connectivity index (χ2v) is 4.52. The Labute approximate surface area is 114 Å². The normalized spacial score (nSPS) is 19.0. The van der Waals surface area contributed by atoms with Crippen LogP contribution < -0.4 is 5.32 Å². The van der Waals surface area contributed by atoms with Gasteiger partial charge in [-0.05, 0) is 24.3 Å². The van der Waals surface area contributed by atoms with Crippen LogP contribution in [0.25, 0.3) is 0 Å². The van der Waals surface area contributed by atoms with E-state index in [-0.39, 0.29) is 19.2 Å². The lowest BCUT2D eigenvalue weighted by atomic mass is 10.3. The standard InChI is InChI=1S/C12H13ClN2O4/c13-8-1-3-9(4-2-8)14-12(18)15-5-6-19-10(7-15)11(16)17/h1-4,10H,5-7H2,(H,14,18)(H,16,17). The van der Waals surface area contributed by atoms with Gasteiger partial charge in [0.2, 0.25) is 0 Å². The van der Waals surface area contributed by atoms with Gasteiger partial charge in [0.15, 0.2) is 6.10 Å². The van der Waals surface area contributed by atoms with Gasteiger partial charge in [-0.25, -0.2) is 9.59 Å². The molecule has 1 heterocycles. The number of carbonyl (C=O) groups excluding carboxylic acids is 1. The maximum absolute atomic E-state index is 12.0. The first-order valence-corrected chi connectivity index (χ1v) is 6.10. The zero-order valence-electron chi connectivity index (χ0n) is 10.0. The van der Waals surface area contributed by atoms with Gasteiger partial charge in [-0.15, -0.1) is 0 Å². The van der Waals surface area contributed by atoms with Crippen molar-refractivity contribution in [1.82, 2.24) is 4.90 Å². The maximum atomic E-state index is 12.0. The molecule has 1 atom stereocenters. The minimum absolute atomic E-state index is 0.0365. The van der Waals surface area contributed by atoms with E-state index in [1.807, 2.05) is 0 Å². The molecule has 6 nitrogen and oxygen atoms in total. The monoisotopic (exact) mass is 284 g/mol. The molecule has 1 aromatic carbocycles. The fourth-order valence-electron chi connectivity index (χ4n) is 1.72. The van der Waals surface area contributed by atoms with Gasteiger partial charge in [0.05, 0.1) is 13.2 Å². The number of carbonyl (C=O) groups is 2. The number of anilines is 1. The molecule has 1 aliphatic heterocycles. The molecule has 0 saturated carbocycles. The van der Waals surface area contributed by atoms with Crippen molar-refractivity contribution in [2.75, 3.05) is 25.0 Å². The largest absolute Gasteiger partial charge is 0.479 e. The van der Waals surface area contributed by atoms with Gasteiger partial charge >= 0.3 is 12.0 Å². The Morgan fingerprint density at radius 2 is 2.05 bits per heavy atom. The molecule has 19 heavy (non-hydrogen) atoms. The molecule has 2 amide bonds. The van der Waals surface area contributed by atoms with E-state index in [1.54, 1.807) is 24.3 Å². The third kappa shape index (κ3) is 3.59. The number of aliphatic carboxylic acids is 1. The quantitative estimate of drug-likeness (QED) is 0.866.